The van der Waals surface area contributed by atoms with Crippen molar-refractivity contribution in [1.82, 2.24) is 4.90 Å². The fourth-order valence-corrected chi connectivity index (χ4v) is 2.52. The van der Waals surface area contributed by atoms with E-state index in [0.29, 0.717) is 24.9 Å². The summed E-state index contributed by atoms with van der Waals surface area (Å²) in [6, 6.07) is 0.306. The number of hydrogen-bond donors (Lipinski definition) is 1. The molecule has 1 amide bonds. The van der Waals surface area contributed by atoms with Crippen molar-refractivity contribution in [3.63, 3.8) is 0 Å². The van der Waals surface area contributed by atoms with Gasteiger partial charge in [0.1, 0.15) is 0 Å². The molecule has 2 N–H and O–H groups in total. The van der Waals surface area contributed by atoms with Crippen LogP contribution in [0.5, 0.6) is 0 Å². The first-order valence-electron chi connectivity index (χ1n) is 5.78. The summed E-state index contributed by atoms with van der Waals surface area (Å²) in [4.78, 5) is 13.9. The van der Waals surface area contributed by atoms with Gasteiger partial charge in [0.25, 0.3) is 0 Å². The Morgan fingerprint density at radius 1 is 1.50 bits per heavy atom. The van der Waals surface area contributed by atoms with Crippen molar-refractivity contribution in [3.8, 4) is 0 Å². The van der Waals surface area contributed by atoms with Crippen molar-refractivity contribution in [2.24, 2.45) is 5.73 Å². The molecular formula is C11H23ClN2OS. The van der Waals surface area contributed by atoms with Crippen LogP contribution in [0.15, 0.2) is 0 Å². The summed E-state index contributed by atoms with van der Waals surface area (Å²) >= 11 is 1.80. The van der Waals surface area contributed by atoms with E-state index in [1.165, 1.54) is 6.42 Å². The highest BCUT2D eigenvalue weighted by atomic mass is 35.5. The average Bonchev–Trinajstić information content (AvgIpc) is 2.29. The van der Waals surface area contributed by atoms with Gasteiger partial charge < -0.3 is 10.6 Å². The van der Waals surface area contributed by atoms with Gasteiger partial charge in [-0.1, -0.05) is 0 Å². The first-order chi connectivity index (χ1) is 7.29. The molecule has 1 atom stereocenters. The second-order valence-electron chi connectivity index (χ2n) is 4.07. The zero-order valence-corrected chi connectivity index (χ0v) is 11.6. The Balaban J connectivity index is 0.00000225. The normalized spacial score (nSPS) is 20.4. The summed E-state index contributed by atoms with van der Waals surface area (Å²) in [6.07, 6.45) is 7.21. The van der Waals surface area contributed by atoms with Crippen LogP contribution >= 0.6 is 24.2 Å². The Hall–Kier alpha value is 0.0700. The number of rotatable bonds is 5. The van der Waals surface area contributed by atoms with E-state index in [4.69, 9.17) is 5.73 Å². The molecule has 0 bridgehead atoms. The van der Waals surface area contributed by atoms with Crippen molar-refractivity contribution in [3.05, 3.63) is 0 Å². The van der Waals surface area contributed by atoms with Crippen molar-refractivity contribution >= 4 is 30.1 Å². The molecule has 0 aromatic carbocycles. The molecule has 5 heteroatoms. The third-order valence-electron chi connectivity index (χ3n) is 2.96. The molecule has 1 saturated heterocycles. The van der Waals surface area contributed by atoms with Crippen LogP contribution in [0.2, 0.25) is 0 Å². The standard InChI is InChI=1S/C11H22N2OS.ClH/c1-15-8-4-6-11(14)13-7-3-2-5-10(13)9-12;/h10H,2-9,12H2,1H3;1H. The van der Waals surface area contributed by atoms with Gasteiger partial charge in [0.15, 0.2) is 0 Å². The Morgan fingerprint density at radius 3 is 2.88 bits per heavy atom. The zero-order chi connectivity index (χ0) is 11.1. The summed E-state index contributed by atoms with van der Waals surface area (Å²) in [5.74, 6) is 1.38. The summed E-state index contributed by atoms with van der Waals surface area (Å²) in [5.41, 5.74) is 5.69. The lowest BCUT2D eigenvalue weighted by molar-refractivity contribution is -0.134. The molecule has 0 aromatic rings. The molecule has 0 saturated carbocycles. The lowest BCUT2D eigenvalue weighted by Crippen LogP contribution is -2.47. The fraction of sp³-hybridized carbons (Fsp3) is 0.909. The van der Waals surface area contributed by atoms with E-state index in [1.54, 1.807) is 11.8 Å². The lowest BCUT2D eigenvalue weighted by atomic mass is 10.0. The molecule has 16 heavy (non-hydrogen) atoms. The van der Waals surface area contributed by atoms with Crippen LogP contribution in [-0.4, -0.2) is 41.9 Å². The molecule has 0 spiro atoms. The molecule has 1 fully saturated rings. The smallest absolute Gasteiger partial charge is 0.222 e. The van der Waals surface area contributed by atoms with E-state index in [0.717, 1.165) is 31.6 Å². The molecule has 1 unspecified atom stereocenters. The zero-order valence-electron chi connectivity index (χ0n) is 9.98. The summed E-state index contributed by atoms with van der Waals surface area (Å²) in [6.45, 7) is 1.54. The second-order valence-corrected chi connectivity index (χ2v) is 5.05. The third kappa shape index (κ3) is 4.93. The monoisotopic (exact) mass is 266 g/mol. The van der Waals surface area contributed by atoms with Crippen LogP contribution in [0.25, 0.3) is 0 Å². The van der Waals surface area contributed by atoms with Gasteiger partial charge in [-0.2, -0.15) is 11.8 Å². The molecule has 3 nitrogen and oxygen atoms in total. The SMILES string of the molecule is CSCCCC(=O)N1CCCCC1CN.Cl. The van der Waals surface area contributed by atoms with E-state index in [9.17, 15) is 4.79 Å². The van der Waals surface area contributed by atoms with Crippen molar-refractivity contribution in [2.75, 3.05) is 25.1 Å². The number of piperidine rings is 1. The number of carbonyl (C=O) groups excluding carboxylic acids is 1. The fourth-order valence-electron chi connectivity index (χ4n) is 2.09. The van der Waals surface area contributed by atoms with E-state index in [2.05, 4.69) is 6.26 Å². The summed E-state index contributed by atoms with van der Waals surface area (Å²) in [5, 5.41) is 0. The van der Waals surface area contributed by atoms with Gasteiger partial charge in [0.2, 0.25) is 5.91 Å². The van der Waals surface area contributed by atoms with Crippen LogP contribution in [0.3, 0.4) is 0 Å². The molecule has 1 aliphatic rings. The minimum Gasteiger partial charge on any atom is -0.338 e. The van der Waals surface area contributed by atoms with Crippen LogP contribution in [-0.2, 0) is 4.79 Å². The van der Waals surface area contributed by atoms with E-state index in [-0.39, 0.29) is 12.4 Å². The van der Waals surface area contributed by atoms with Crippen LogP contribution in [0.1, 0.15) is 32.1 Å². The molecule has 1 heterocycles. The van der Waals surface area contributed by atoms with Gasteiger partial charge in [-0.15, -0.1) is 12.4 Å². The minimum absolute atomic E-state index is 0. The number of amides is 1. The quantitative estimate of drug-likeness (QED) is 0.773. The van der Waals surface area contributed by atoms with Gasteiger partial charge in [-0.25, -0.2) is 0 Å². The number of thioether (sulfide) groups is 1. The largest absolute Gasteiger partial charge is 0.338 e. The predicted octanol–water partition coefficient (Wildman–Crippen LogP) is 1.89. The number of nitrogens with two attached hydrogens (primary N) is 1. The maximum atomic E-state index is 11.9. The van der Waals surface area contributed by atoms with E-state index < -0.39 is 0 Å². The van der Waals surface area contributed by atoms with Gasteiger partial charge >= 0.3 is 0 Å². The molecular weight excluding hydrogens is 244 g/mol. The Morgan fingerprint density at radius 2 is 2.25 bits per heavy atom. The molecule has 0 aromatic heterocycles. The predicted molar refractivity (Wildman–Crippen MR) is 73.3 cm³/mol. The summed E-state index contributed by atoms with van der Waals surface area (Å²) < 4.78 is 0. The average molecular weight is 267 g/mol. The van der Waals surface area contributed by atoms with Crippen LogP contribution in [0, 0.1) is 0 Å². The van der Waals surface area contributed by atoms with E-state index in [1.807, 2.05) is 4.90 Å². The molecule has 0 aliphatic carbocycles. The highest BCUT2D eigenvalue weighted by Crippen LogP contribution is 2.17. The van der Waals surface area contributed by atoms with Crippen LogP contribution < -0.4 is 5.73 Å². The molecule has 96 valence electrons. The first-order valence-corrected chi connectivity index (χ1v) is 7.17. The number of carbonyl (C=O) groups is 1. The van der Waals surface area contributed by atoms with Gasteiger partial charge in [-0.05, 0) is 37.7 Å². The number of hydrogen-bond acceptors (Lipinski definition) is 3. The maximum Gasteiger partial charge on any atom is 0.222 e. The number of nitrogens with zero attached hydrogens (tertiary/aromatic N) is 1. The van der Waals surface area contributed by atoms with Crippen molar-refractivity contribution in [2.45, 2.75) is 38.1 Å². The van der Waals surface area contributed by atoms with Crippen molar-refractivity contribution < 1.29 is 4.79 Å². The molecule has 1 aliphatic heterocycles. The first kappa shape index (κ1) is 16.1. The highest BCUT2D eigenvalue weighted by molar-refractivity contribution is 7.98. The summed E-state index contributed by atoms with van der Waals surface area (Å²) in [7, 11) is 0. The van der Waals surface area contributed by atoms with Gasteiger partial charge in [0, 0.05) is 25.6 Å². The minimum atomic E-state index is 0. The van der Waals surface area contributed by atoms with Gasteiger partial charge in [0.05, 0.1) is 0 Å². The highest BCUT2D eigenvalue weighted by Gasteiger charge is 2.24. The lowest BCUT2D eigenvalue weighted by Gasteiger charge is -2.35. The van der Waals surface area contributed by atoms with Crippen molar-refractivity contribution in [1.29, 1.82) is 0 Å². The maximum absolute atomic E-state index is 11.9. The number of likely N-dealkylation sites (tertiary alicyclic amines) is 1. The van der Waals surface area contributed by atoms with Gasteiger partial charge in [-0.3, -0.25) is 4.79 Å². The Labute approximate surface area is 109 Å². The van der Waals surface area contributed by atoms with Crippen LogP contribution in [0.4, 0.5) is 0 Å². The Bertz CT molecular complexity index is 204. The number of halogens is 1. The molecule has 1 rings (SSSR count). The molecule has 0 radical (unpaired) electrons. The Kier molecular flexibility index (Phi) is 9.18. The third-order valence-corrected chi connectivity index (χ3v) is 3.66. The second kappa shape index (κ2) is 9.14. The topological polar surface area (TPSA) is 46.3 Å². The van der Waals surface area contributed by atoms with E-state index >= 15 is 0 Å².